The van der Waals surface area contributed by atoms with Crippen molar-refractivity contribution in [2.45, 2.75) is 26.8 Å². The molecule has 0 bridgehead atoms. The van der Waals surface area contributed by atoms with Gasteiger partial charge in [-0.05, 0) is 20.8 Å². The number of rotatable bonds is 3. The van der Waals surface area contributed by atoms with E-state index in [9.17, 15) is 0 Å². The molecular formula is C9H17N3. The zero-order chi connectivity index (χ0) is 9.14. The third-order valence-corrected chi connectivity index (χ3v) is 2.02. The molecule has 0 aliphatic heterocycles. The second-order valence-corrected chi connectivity index (χ2v) is 3.22. The highest BCUT2D eigenvalue weighted by atomic mass is 15.3. The number of aryl methyl sites for hydroxylation is 1. The SMILES string of the molecule is CCN(c1nccn1C)C(C)C. The number of imidazole rings is 1. The van der Waals surface area contributed by atoms with Gasteiger partial charge in [0.1, 0.15) is 0 Å². The van der Waals surface area contributed by atoms with E-state index in [0.717, 1.165) is 12.5 Å². The van der Waals surface area contributed by atoms with Gasteiger partial charge in [0.25, 0.3) is 0 Å². The van der Waals surface area contributed by atoms with Crippen LogP contribution in [0.15, 0.2) is 12.4 Å². The van der Waals surface area contributed by atoms with Crippen molar-refractivity contribution in [2.24, 2.45) is 7.05 Å². The zero-order valence-electron chi connectivity index (χ0n) is 8.28. The number of hydrogen-bond acceptors (Lipinski definition) is 2. The van der Waals surface area contributed by atoms with Crippen LogP contribution < -0.4 is 4.90 Å². The first kappa shape index (κ1) is 9.10. The van der Waals surface area contributed by atoms with Gasteiger partial charge in [0.05, 0.1) is 0 Å². The van der Waals surface area contributed by atoms with Crippen LogP contribution in [0, 0.1) is 0 Å². The van der Waals surface area contributed by atoms with Crippen molar-refractivity contribution in [2.75, 3.05) is 11.4 Å². The quantitative estimate of drug-likeness (QED) is 0.682. The predicted octanol–water partition coefficient (Wildman–Crippen LogP) is 1.65. The molecule has 0 atom stereocenters. The van der Waals surface area contributed by atoms with Gasteiger partial charge in [0, 0.05) is 32.0 Å². The molecular weight excluding hydrogens is 150 g/mol. The first-order valence-corrected chi connectivity index (χ1v) is 4.40. The smallest absolute Gasteiger partial charge is 0.205 e. The topological polar surface area (TPSA) is 21.1 Å². The highest BCUT2D eigenvalue weighted by Gasteiger charge is 2.11. The van der Waals surface area contributed by atoms with E-state index in [0.29, 0.717) is 6.04 Å². The van der Waals surface area contributed by atoms with Crippen LogP contribution in [0.3, 0.4) is 0 Å². The minimum absolute atomic E-state index is 0.510. The van der Waals surface area contributed by atoms with Crippen LogP contribution in [0.25, 0.3) is 0 Å². The van der Waals surface area contributed by atoms with Gasteiger partial charge in [-0.15, -0.1) is 0 Å². The second kappa shape index (κ2) is 3.61. The van der Waals surface area contributed by atoms with Crippen molar-refractivity contribution in [3.63, 3.8) is 0 Å². The van der Waals surface area contributed by atoms with Crippen LogP contribution in [0.5, 0.6) is 0 Å². The summed E-state index contributed by atoms with van der Waals surface area (Å²) in [7, 11) is 2.02. The van der Waals surface area contributed by atoms with Gasteiger partial charge in [-0.25, -0.2) is 4.98 Å². The molecule has 0 radical (unpaired) electrons. The standard InChI is InChI=1S/C9H17N3/c1-5-12(8(2)3)9-10-6-7-11(9)4/h6-8H,5H2,1-4H3. The fourth-order valence-corrected chi connectivity index (χ4v) is 1.37. The average Bonchev–Trinajstić information content (AvgIpc) is 2.38. The maximum Gasteiger partial charge on any atom is 0.205 e. The summed E-state index contributed by atoms with van der Waals surface area (Å²) in [6, 6.07) is 0.510. The maximum absolute atomic E-state index is 4.30. The van der Waals surface area contributed by atoms with Crippen molar-refractivity contribution >= 4 is 5.95 Å². The molecule has 12 heavy (non-hydrogen) atoms. The Morgan fingerprint density at radius 3 is 2.58 bits per heavy atom. The Balaban J connectivity index is 2.87. The lowest BCUT2D eigenvalue weighted by atomic mass is 10.3. The molecule has 0 unspecified atom stereocenters. The Hall–Kier alpha value is -0.990. The number of anilines is 1. The first-order valence-electron chi connectivity index (χ1n) is 4.40. The Morgan fingerprint density at radius 2 is 2.25 bits per heavy atom. The van der Waals surface area contributed by atoms with Gasteiger partial charge in [-0.1, -0.05) is 0 Å². The Morgan fingerprint density at radius 1 is 1.58 bits per heavy atom. The van der Waals surface area contributed by atoms with Crippen LogP contribution in [-0.2, 0) is 7.05 Å². The molecule has 3 heteroatoms. The van der Waals surface area contributed by atoms with Crippen LogP contribution in [0.2, 0.25) is 0 Å². The van der Waals surface area contributed by atoms with Crippen molar-refractivity contribution < 1.29 is 0 Å². The molecule has 0 saturated carbocycles. The predicted molar refractivity (Wildman–Crippen MR) is 51.4 cm³/mol. The molecule has 0 saturated heterocycles. The van der Waals surface area contributed by atoms with Crippen molar-refractivity contribution in [1.82, 2.24) is 9.55 Å². The molecule has 1 aromatic heterocycles. The first-order chi connectivity index (χ1) is 5.66. The molecule has 1 heterocycles. The van der Waals surface area contributed by atoms with Gasteiger partial charge in [0.15, 0.2) is 0 Å². The van der Waals surface area contributed by atoms with E-state index in [1.807, 2.05) is 24.0 Å². The summed E-state index contributed by atoms with van der Waals surface area (Å²) in [5.74, 6) is 1.05. The molecule has 0 fully saturated rings. The van der Waals surface area contributed by atoms with Gasteiger partial charge in [-0.3, -0.25) is 0 Å². The van der Waals surface area contributed by atoms with Crippen molar-refractivity contribution in [1.29, 1.82) is 0 Å². The van der Waals surface area contributed by atoms with Gasteiger partial charge >= 0.3 is 0 Å². The minimum atomic E-state index is 0.510. The normalized spacial score (nSPS) is 10.8. The summed E-state index contributed by atoms with van der Waals surface area (Å²) in [6.45, 7) is 7.51. The molecule has 0 aromatic carbocycles. The van der Waals surface area contributed by atoms with Gasteiger partial charge < -0.3 is 9.47 Å². The number of aromatic nitrogens is 2. The fourth-order valence-electron chi connectivity index (χ4n) is 1.37. The van der Waals surface area contributed by atoms with Gasteiger partial charge in [-0.2, -0.15) is 0 Å². The average molecular weight is 167 g/mol. The number of nitrogens with zero attached hydrogens (tertiary/aromatic N) is 3. The van der Waals surface area contributed by atoms with E-state index < -0.39 is 0 Å². The van der Waals surface area contributed by atoms with Crippen LogP contribution in [0.4, 0.5) is 5.95 Å². The van der Waals surface area contributed by atoms with E-state index in [4.69, 9.17) is 0 Å². The summed E-state index contributed by atoms with van der Waals surface area (Å²) in [6.07, 6.45) is 3.81. The van der Waals surface area contributed by atoms with Crippen molar-refractivity contribution in [3.8, 4) is 0 Å². The lowest BCUT2D eigenvalue weighted by Gasteiger charge is -2.25. The maximum atomic E-state index is 4.30. The molecule has 68 valence electrons. The summed E-state index contributed by atoms with van der Waals surface area (Å²) in [5.41, 5.74) is 0. The molecule has 0 aliphatic carbocycles. The van der Waals surface area contributed by atoms with E-state index in [-0.39, 0.29) is 0 Å². The summed E-state index contributed by atoms with van der Waals surface area (Å²) in [5, 5.41) is 0. The molecule has 0 amide bonds. The number of hydrogen-bond donors (Lipinski definition) is 0. The third-order valence-electron chi connectivity index (χ3n) is 2.02. The molecule has 1 rings (SSSR count). The largest absolute Gasteiger partial charge is 0.340 e. The molecule has 3 nitrogen and oxygen atoms in total. The van der Waals surface area contributed by atoms with Crippen LogP contribution in [-0.4, -0.2) is 22.1 Å². The zero-order valence-corrected chi connectivity index (χ0v) is 8.28. The summed E-state index contributed by atoms with van der Waals surface area (Å²) < 4.78 is 2.05. The van der Waals surface area contributed by atoms with E-state index in [2.05, 4.69) is 30.7 Å². The van der Waals surface area contributed by atoms with E-state index >= 15 is 0 Å². The van der Waals surface area contributed by atoms with Crippen LogP contribution in [0.1, 0.15) is 20.8 Å². The Kier molecular flexibility index (Phi) is 2.74. The molecule has 0 aliphatic rings. The Bertz CT molecular complexity index is 240. The fraction of sp³-hybridized carbons (Fsp3) is 0.667. The second-order valence-electron chi connectivity index (χ2n) is 3.22. The highest BCUT2D eigenvalue weighted by molar-refractivity contribution is 5.31. The van der Waals surface area contributed by atoms with Crippen molar-refractivity contribution in [3.05, 3.63) is 12.4 Å². The molecule has 0 N–H and O–H groups in total. The lowest BCUT2D eigenvalue weighted by Crippen LogP contribution is -2.32. The molecule has 0 spiro atoms. The monoisotopic (exact) mass is 167 g/mol. The third kappa shape index (κ3) is 1.60. The van der Waals surface area contributed by atoms with E-state index in [1.165, 1.54) is 0 Å². The summed E-state index contributed by atoms with van der Waals surface area (Å²) in [4.78, 5) is 6.56. The van der Waals surface area contributed by atoms with Gasteiger partial charge in [0.2, 0.25) is 5.95 Å². The lowest BCUT2D eigenvalue weighted by molar-refractivity contribution is 0.664. The van der Waals surface area contributed by atoms with E-state index in [1.54, 1.807) is 0 Å². The van der Waals surface area contributed by atoms with Crippen LogP contribution >= 0.6 is 0 Å². The molecule has 1 aromatic rings. The Labute approximate surface area is 74.0 Å². The highest BCUT2D eigenvalue weighted by Crippen LogP contribution is 2.12. The minimum Gasteiger partial charge on any atom is -0.340 e. The summed E-state index contributed by atoms with van der Waals surface area (Å²) >= 11 is 0.